The zero-order valence-corrected chi connectivity index (χ0v) is 19.7. The number of benzene rings is 2. The lowest BCUT2D eigenvalue weighted by atomic mass is 9.96. The van der Waals surface area contributed by atoms with Gasteiger partial charge >= 0.3 is 11.9 Å². The van der Waals surface area contributed by atoms with Gasteiger partial charge in [0.15, 0.2) is 11.4 Å². The topological polar surface area (TPSA) is 107 Å². The highest BCUT2D eigenvalue weighted by Gasteiger charge is 2.33. The van der Waals surface area contributed by atoms with Crippen LogP contribution in [0.15, 0.2) is 69.6 Å². The molecule has 35 heavy (non-hydrogen) atoms. The van der Waals surface area contributed by atoms with E-state index in [1.807, 2.05) is 0 Å². The first kappa shape index (κ1) is 24.1. The van der Waals surface area contributed by atoms with Gasteiger partial charge in [-0.1, -0.05) is 35.6 Å². The van der Waals surface area contributed by atoms with Gasteiger partial charge in [-0.2, -0.15) is 0 Å². The number of aliphatic carboxylic acids is 1. The maximum absolute atomic E-state index is 13.6. The molecular weight excluding hydrogens is 475 g/mol. The van der Waals surface area contributed by atoms with Gasteiger partial charge in [0.05, 0.1) is 28.5 Å². The number of hydrogen-bond donors (Lipinski definition) is 1. The average Bonchev–Trinajstić information content (AvgIpc) is 3.12. The van der Waals surface area contributed by atoms with E-state index in [9.17, 15) is 18.8 Å². The van der Waals surface area contributed by atoms with Crippen LogP contribution in [0.1, 0.15) is 31.0 Å². The van der Waals surface area contributed by atoms with Gasteiger partial charge < -0.3 is 14.6 Å². The predicted octanol–water partition coefficient (Wildman–Crippen LogP) is 2.40. The molecule has 3 aromatic rings. The highest BCUT2D eigenvalue weighted by molar-refractivity contribution is 7.07. The zero-order chi connectivity index (χ0) is 25.1. The van der Waals surface area contributed by atoms with Crippen LogP contribution in [-0.4, -0.2) is 34.8 Å². The number of carboxylic acid groups (broad SMARTS) is 1. The van der Waals surface area contributed by atoms with Gasteiger partial charge in [-0.25, -0.2) is 19.0 Å². The van der Waals surface area contributed by atoms with Gasteiger partial charge in [0.2, 0.25) is 0 Å². The van der Waals surface area contributed by atoms with E-state index >= 15 is 0 Å². The summed E-state index contributed by atoms with van der Waals surface area (Å²) in [7, 11) is 0. The Bertz CT molecular complexity index is 1490. The van der Waals surface area contributed by atoms with E-state index in [-0.39, 0.29) is 17.7 Å². The second-order valence-electron chi connectivity index (χ2n) is 7.61. The molecule has 0 aliphatic carbocycles. The maximum Gasteiger partial charge on any atom is 0.341 e. The molecule has 0 saturated carbocycles. The standard InChI is InChI=1S/C25H21FN2O6S/c1-3-33-24(32)21-14(2)27-25-28(22(21)16-6-8-17(26)9-7-16)23(31)19(35-25)12-15-4-10-18(11-5-15)34-13-20(29)30/h4-12,22H,3,13H2,1-2H3,(H,29,30)/b19-12+. The monoisotopic (exact) mass is 496 g/mol. The van der Waals surface area contributed by atoms with Crippen molar-refractivity contribution < 1.29 is 28.6 Å². The van der Waals surface area contributed by atoms with Gasteiger partial charge in [0.25, 0.3) is 5.56 Å². The lowest BCUT2D eigenvalue weighted by Crippen LogP contribution is -2.39. The summed E-state index contributed by atoms with van der Waals surface area (Å²) < 4.78 is 25.8. The summed E-state index contributed by atoms with van der Waals surface area (Å²) in [4.78, 5) is 41.9. The molecule has 180 valence electrons. The highest BCUT2D eigenvalue weighted by Crippen LogP contribution is 2.30. The van der Waals surface area contributed by atoms with Crippen molar-refractivity contribution in [2.45, 2.75) is 19.9 Å². The number of esters is 1. The van der Waals surface area contributed by atoms with E-state index in [2.05, 4.69) is 4.99 Å². The van der Waals surface area contributed by atoms with E-state index < -0.39 is 30.4 Å². The third-order valence-corrected chi connectivity index (χ3v) is 6.23. The van der Waals surface area contributed by atoms with Crippen LogP contribution >= 0.6 is 11.3 Å². The van der Waals surface area contributed by atoms with Gasteiger partial charge in [-0.3, -0.25) is 9.36 Å². The minimum absolute atomic E-state index is 0.155. The Hall–Kier alpha value is -4.05. The van der Waals surface area contributed by atoms with Crippen molar-refractivity contribution in [1.82, 2.24) is 4.57 Å². The molecule has 2 aromatic carbocycles. The average molecular weight is 497 g/mol. The van der Waals surface area contributed by atoms with Crippen molar-refractivity contribution in [3.05, 3.63) is 96.4 Å². The van der Waals surface area contributed by atoms with Gasteiger partial charge in [0.1, 0.15) is 11.6 Å². The first-order valence-electron chi connectivity index (χ1n) is 10.7. The number of hydrogen-bond acceptors (Lipinski definition) is 7. The second-order valence-corrected chi connectivity index (χ2v) is 8.61. The Balaban J connectivity index is 1.81. The van der Waals surface area contributed by atoms with Crippen molar-refractivity contribution in [1.29, 1.82) is 0 Å². The number of halogens is 1. The lowest BCUT2D eigenvalue weighted by Gasteiger charge is -2.24. The molecule has 0 spiro atoms. The number of ether oxygens (including phenoxy) is 2. The normalized spacial score (nSPS) is 15.4. The molecule has 1 N–H and O–H groups in total. The fraction of sp³-hybridized carbons (Fsp3) is 0.200. The fourth-order valence-corrected chi connectivity index (χ4v) is 4.76. The highest BCUT2D eigenvalue weighted by atomic mass is 32.1. The Morgan fingerprint density at radius 2 is 1.86 bits per heavy atom. The fourth-order valence-electron chi connectivity index (χ4n) is 3.71. The summed E-state index contributed by atoms with van der Waals surface area (Å²) in [6.45, 7) is 3.06. The van der Waals surface area contributed by atoms with E-state index in [1.165, 1.54) is 40.2 Å². The van der Waals surface area contributed by atoms with Crippen molar-refractivity contribution in [2.75, 3.05) is 13.2 Å². The third-order valence-electron chi connectivity index (χ3n) is 5.24. The van der Waals surface area contributed by atoms with Crippen LogP contribution in [-0.2, 0) is 14.3 Å². The van der Waals surface area contributed by atoms with Crippen LogP contribution in [0.5, 0.6) is 5.75 Å². The van der Waals surface area contributed by atoms with Crippen molar-refractivity contribution in [2.24, 2.45) is 4.99 Å². The van der Waals surface area contributed by atoms with Crippen LogP contribution in [0.3, 0.4) is 0 Å². The van der Waals surface area contributed by atoms with Gasteiger partial charge in [0, 0.05) is 0 Å². The molecule has 0 saturated heterocycles. The molecule has 10 heteroatoms. The van der Waals surface area contributed by atoms with Crippen LogP contribution in [0, 0.1) is 5.82 Å². The largest absolute Gasteiger partial charge is 0.482 e. The number of allylic oxidation sites excluding steroid dienone is 1. The van der Waals surface area contributed by atoms with E-state index in [1.54, 1.807) is 44.2 Å². The molecule has 2 heterocycles. The Morgan fingerprint density at radius 3 is 2.49 bits per heavy atom. The molecule has 4 rings (SSSR count). The van der Waals surface area contributed by atoms with Crippen molar-refractivity contribution in [3.63, 3.8) is 0 Å². The summed E-state index contributed by atoms with van der Waals surface area (Å²) in [5.41, 5.74) is 1.53. The Labute approximate surface area is 202 Å². The summed E-state index contributed by atoms with van der Waals surface area (Å²) in [5.74, 6) is -1.72. The molecule has 1 aliphatic rings. The molecule has 8 nitrogen and oxygen atoms in total. The lowest BCUT2D eigenvalue weighted by molar-refractivity contribution is -0.140. The molecule has 0 radical (unpaired) electrons. The molecular formula is C25H21FN2O6S. The number of thiazole rings is 1. The minimum atomic E-state index is -1.08. The zero-order valence-electron chi connectivity index (χ0n) is 18.9. The molecule has 1 aliphatic heterocycles. The Morgan fingerprint density at radius 1 is 1.17 bits per heavy atom. The first-order valence-corrected chi connectivity index (χ1v) is 11.5. The van der Waals surface area contributed by atoms with Gasteiger partial charge in [-0.05, 0) is 55.3 Å². The third kappa shape index (κ3) is 5.07. The second kappa shape index (κ2) is 10.1. The number of aromatic nitrogens is 1. The van der Waals surface area contributed by atoms with Crippen molar-refractivity contribution in [3.8, 4) is 5.75 Å². The molecule has 0 bridgehead atoms. The molecule has 0 fully saturated rings. The molecule has 1 aromatic heterocycles. The van der Waals surface area contributed by atoms with Gasteiger partial charge in [-0.15, -0.1) is 0 Å². The van der Waals surface area contributed by atoms with E-state index in [0.717, 1.165) is 0 Å². The quantitative estimate of drug-likeness (QED) is 0.504. The molecule has 0 amide bonds. The number of carbonyl (C=O) groups excluding carboxylic acids is 1. The summed E-state index contributed by atoms with van der Waals surface area (Å²) in [6, 6.07) is 11.4. The molecule has 1 atom stereocenters. The van der Waals surface area contributed by atoms with Crippen molar-refractivity contribution >= 4 is 29.4 Å². The molecule has 1 unspecified atom stereocenters. The van der Waals surface area contributed by atoms with Crippen LogP contribution in [0.2, 0.25) is 0 Å². The summed E-state index contributed by atoms with van der Waals surface area (Å²) in [6.07, 6.45) is 1.68. The van der Waals surface area contributed by atoms with Crippen LogP contribution in [0.25, 0.3) is 6.08 Å². The van der Waals surface area contributed by atoms with Crippen LogP contribution < -0.4 is 19.6 Å². The summed E-state index contributed by atoms with van der Waals surface area (Å²) >= 11 is 1.17. The SMILES string of the molecule is CCOC(=O)C1=C(C)N=c2s/c(=C/c3ccc(OCC(=O)O)cc3)c(=O)n2C1c1ccc(F)cc1. The predicted molar refractivity (Wildman–Crippen MR) is 126 cm³/mol. The Kier molecular flexibility index (Phi) is 6.92. The number of rotatable bonds is 7. The maximum atomic E-state index is 13.6. The minimum Gasteiger partial charge on any atom is -0.482 e. The number of carbonyl (C=O) groups is 2. The first-order chi connectivity index (χ1) is 16.8. The van der Waals surface area contributed by atoms with E-state index in [0.29, 0.717) is 31.9 Å². The van der Waals surface area contributed by atoms with E-state index in [4.69, 9.17) is 14.6 Å². The van der Waals surface area contributed by atoms with Crippen LogP contribution in [0.4, 0.5) is 4.39 Å². The number of fused-ring (bicyclic) bond motifs is 1. The summed E-state index contributed by atoms with van der Waals surface area (Å²) in [5, 5.41) is 8.73. The number of carboxylic acids is 1. The number of nitrogens with zero attached hydrogens (tertiary/aromatic N) is 2. The smallest absolute Gasteiger partial charge is 0.341 e.